The second-order valence-corrected chi connectivity index (χ2v) is 4.05. The fourth-order valence-electron chi connectivity index (χ4n) is 2.20. The number of hydrogen-bond acceptors (Lipinski definition) is 3. The lowest BCUT2D eigenvalue weighted by atomic mass is 9.77. The van der Waals surface area contributed by atoms with Gasteiger partial charge in [0.25, 0.3) is 0 Å². The molecule has 0 bridgehead atoms. The minimum absolute atomic E-state index is 0.000220. The minimum atomic E-state index is -0.609. The Morgan fingerprint density at radius 3 is 3.00 bits per heavy atom. The first kappa shape index (κ1) is 11.5. The molecule has 0 aromatic heterocycles. The Labute approximate surface area is 85.7 Å². The highest BCUT2D eigenvalue weighted by molar-refractivity contribution is 5.04. The number of aliphatic hydroxyl groups excluding tert-OH is 1. The molecule has 0 amide bonds. The molecule has 0 aromatic rings. The number of ether oxygens (including phenoxy) is 1. The average molecular weight is 197 g/mol. The highest BCUT2D eigenvalue weighted by Crippen LogP contribution is 2.36. The van der Waals surface area contributed by atoms with E-state index in [9.17, 15) is 0 Å². The predicted molar refractivity (Wildman–Crippen MR) is 53.6 cm³/mol. The lowest BCUT2D eigenvalue weighted by Gasteiger charge is -2.35. The van der Waals surface area contributed by atoms with Crippen molar-refractivity contribution in [2.75, 3.05) is 13.2 Å². The SMILES string of the molecule is CCC1CCCC(C#N)(OCCO)C1. The van der Waals surface area contributed by atoms with Gasteiger partial charge in [0.1, 0.15) is 0 Å². The Balaban J connectivity index is 2.55. The van der Waals surface area contributed by atoms with E-state index in [2.05, 4.69) is 13.0 Å². The molecule has 2 atom stereocenters. The molecule has 0 aliphatic heterocycles. The van der Waals surface area contributed by atoms with Crippen molar-refractivity contribution in [3.63, 3.8) is 0 Å². The molecule has 1 aliphatic rings. The van der Waals surface area contributed by atoms with E-state index in [1.807, 2.05) is 0 Å². The summed E-state index contributed by atoms with van der Waals surface area (Å²) in [5, 5.41) is 17.8. The van der Waals surface area contributed by atoms with E-state index in [4.69, 9.17) is 15.1 Å². The summed E-state index contributed by atoms with van der Waals surface area (Å²) in [6, 6.07) is 2.28. The van der Waals surface area contributed by atoms with Crippen LogP contribution in [0.5, 0.6) is 0 Å². The van der Waals surface area contributed by atoms with Crippen molar-refractivity contribution in [1.82, 2.24) is 0 Å². The topological polar surface area (TPSA) is 53.2 Å². The quantitative estimate of drug-likeness (QED) is 0.748. The Kier molecular flexibility index (Phi) is 4.37. The van der Waals surface area contributed by atoms with Crippen molar-refractivity contribution in [1.29, 1.82) is 5.26 Å². The van der Waals surface area contributed by atoms with Crippen molar-refractivity contribution in [3.8, 4) is 6.07 Å². The zero-order valence-corrected chi connectivity index (χ0v) is 8.83. The monoisotopic (exact) mass is 197 g/mol. The van der Waals surface area contributed by atoms with Gasteiger partial charge >= 0.3 is 0 Å². The summed E-state index contributed by atoms with van der Waals surface area (Å²) < 4.78 is 5.49. The van der Waals surface area contributed by atoms with Crippen LogP contribution < -0.4 is 0 Å². The van der Waals surface area contributed by atoms with Crippen molar-refractivity contribution in [2.45, 2.75) is 44.6 Å². The van der Waals surface area contributed by atoms with Crippen LogP contribution in [0.1, 0.15) is 39.0 Å². The zero-order valence-electron chi connectivity index (χ0n) is 8.83. The first-order valence-corrected chi connectivity index (χ1v) is 5.42. The second kappa shape index (κ2) is 5.33. The first-order chi connectivity index (χ1) is 6.76. The fraction of sp³-hybridized carbons (Fsp3) is 0.909. The van der Waals surface area contributed by atoms with Gasteiger partial charge in [0.2, 0.25) is 0 Å². The van der Waals surface area contributed by atoms with Crippen LogP contribution in [0.2, 0.25) is 0 Å². The highest BCUT2D eigenvalue weighted by atomic mass is 16.5. The average Bonchev–Trinajstić information content (AvgIpc) is 2.26. The Hall–Kier alpha value is -0.590. The van der Waals surface area contributed by atoms with Crippen LogP contribution in [-0.2, 0) is 4.74 Å². The van der Waals surface area contributed by atoms with Gasteiger partial charge < -0.3 is 9.84 Å². The van der Waals surface area contributed by atoms with Crippen LogP contribution in [0.25, 0.3) is 0 Å². The van der Waals surface area contributed by atoms with Crippen LogP contribution >= 0.6 is 0 Å². The largest absolute Gasteiger partial charge is 0.394 e. The third-order valence-corrected chi connectivity index (χ3v) is 3.06. The molecular weight excluding hydrogens is 178 g/mol. The maximum absolute atomic E-state index is 9.12. The molecule has 80 valence electrons. The maximum atomic E-state index is 9.12. The van der Waals surface area contributed by atoms with Gasteiger partial charge in [0.15, 0.2) is 5.60 Å². The molecule has 1 N–H and O–H groups in total. The van der Waals surface area contributed by atoms with Crippen LogP contribution in [0.15, 0.2) is 0 Å². The molecule has 0 radical (unpaired) electrons. The molecule has 1 fully saturated rings. The van der Waals surface area contributed by atoms with Gasteiger partial charge in [0.05, 0.1) is 19.3 Å². The molecule has 0 spiro atoms. The van der Waals surface area contributed by atoms with E-state index in [1.54, 1.807) is 0 Å². The third kappa shape index (κ3) is 2.70. The lowest BCUT2D eigenvalue weighted by molar-refractivity contribution is -0.0538. The van der Waals surface area contributed by atoms with E-state index in [-0.39, 0.29) is 13.2 Å². The standard InChI is InChI=1S/C11H19NO2/c1-2-10-4-3-5-11(8-10,9-12)14-7-6-13/h10,13H,2-8H2,1H3. The van der Waals surface area contributed by atoms with Crippen molar-refractivity contribution in [2.24, 2.45) is 5.92 Å². The molecule has 0 heterocycles. The smallest absolute Gasteiger partial charge is 0.154 e. The van der Waals surface area contributed by atoms with Gasteiger partial charge in [-0.2, -0.15) is 5.26 Å². The molecule has 0 aromatic carbocycles. The van der Waals surface area contributed by atoms with Crippen LogP contribution in [0.3, 0.4) is 0 Å². The van der Waals surface area contributed by atoms with Gasteiger partial charge in [-0.25, -0.2) is 0 Å². The molecule has 1 rings (SSSR count). The van der Waals surface area contributed by atoms with E-state index in [0.717, 1.165) is 25.7 Å². The Bertz CT molecular complexity index is 212. The summed E-state index contributed by atoms with van der Waals surface area (Å²) in [6.45, 7) is 2.44. The van der Waals surface area contributed by atoms with Crippen molar-refractivity contribution >= 4 is 0 Å². The van der Waals surface area contributed by atoms with Crippen LogP contribution in [0.4, 0.5) is 0 Å². The summed E-state index contributed by atoms with van der Waals surface area (Å²) in [7, 11) is 0. The summed E-state index contributed by atoms with van der Waals surface area (Å²) in [5.74, 6) is 0.613. The Morgan fingerprint density at radius 1 is 1.64 bits per heavy atom. The van der Waals surface area contributed by atoms with Crippen molar-refractivity contribution < 1.29 is 9.84 Å². The summed E-state index contributed by atoms with van der Waals surface area (Å²) in [4.78, 5) is 0. The second-order valence-electron chi connectivity index (χ2n) is 4.05. The number of aliphatic hydroxyl groups is 1. The van der Waals surface area contributed by atoms with Crippen molar-refractivity contribution in [3.05, 3.63) is 0 Å². The summed E-state index contributed by atoms with van der Waals surface area (Å²) in [6.07, 6.45) is 5.05. The number of nitriles is 1. The zero-order chi connectivity index (χ0) is 10.4. The van der Waals surface area contributed by atoms with E-state index < -0.39 is 5.60 Å². The van der Waals surface area contributed by atoms with Crippen LogP contribution in [-0.4, -0.2) is 23.9 Å². The minimum Gasteiger partial charge on any atom is -0.394 e. The van der Waals surface area contributed by atoms with E-state index in [0.29, 0.717) is 5.92 Å². The first-order valence-electron chi connectivity index (χ1n) is 5.42. The maximum Gasteiger partial charge on any atom is 0.154 e. The molecule has 1 saturated carbocycles. The molecule has 1 aliphatic carbocycles. The van der Waals surface area contributed by atoms with E-state index in [1.165, 1.54) is 6.42 Å². The van der Waals surface area contributed by atoms with Gasteiger partial charge in [0, 0.05) is 0 Å². The fourth-order valence-corrected chi connectivity index (χ4v) is 2.20. The molecule has 0 saturated heterocycles. The highest BCUT2D eigenvalue weighted by Gasteiger charge is 2.36. The normalized spacial score (nSPS) is 32.5. The number of nitrogens with zero attached hydrogens (tertiary/aromatic N) is 1. The van der Waals surface area contributed by atoms with E-state index >= 15 is 0 Å². The molecule has 3 nitrogen and oxygen atoms in total. The molecular formula is C11H19NO2. The van der Waals surface area contributed by atoms with Gasteiger partial charge in [-0.15, -0.1) is 0 Å². The van der Waals surface area contributed by atoms with Gasteiger partial charge in [-0.3, -0.25) is 0 Å². The number of rotatable bonds is 4. The predicted octanol–water partition coefficient (Wildman–Crippen LogP) is 1.86. The Morgan fingerprint density at radius 2 is 2.43 bits per heavy atom. The molecule has 2 unspecified atom stereocenters. The van der Waals surface area contributed by atoms with Gasteiger partial charge in [-0.05, 0) is 25.2 Å². The summed E-state index contributed by atoms with van der Waals surface area (Å²) in [5.41, 5.74) is -0.609. The number of hydrogen-bond donors (Lipinski definition) is 1. The molecule has 3 heteroatoms. The molecule has 14 heavy (non-hydrogen) atoms. The summed E-state index contributed by atoms with van der Waals surface area (Å²) >= 11 is 0. The van der Waals surface area contributed by atoms with Gasteiger partial charge in [-0.1, -0.05) is 19.8 Å². The third-order valence-electron chi connectivity index (χ3n) is 3.06. The lowest BCUT2D eigenvalue weighted by Crippen LogP contribution is -2.37. The van der Waals surface area contributed by atoms with Crippen LogP contribution in [0, 0.1) is 17.2 Å².